The summed E-state index contributed by atoms with van der Waals surface area (Å²) < 4.78 is 5.31. The van der Waals surface area contributed by atoms with Crippen LogP contribution < -0.4 is 4.74 Å². The highest BCUT2D eigenvalue weighted by atomic mass is 16.5. The van der Waals surface area contributed by atoms with E-state index in [9.17, 15) is 14.7 Å². The topological polar surface area (TPSA) is 83.8 Å². The van der Waals surface area contributed by atoms with Crippen molar-refractivity contribution in [1.82, 2.24) is 0 Å². The fraction of sp³-hybridized carbons (Fsp3) is 0.231. The number of ether oxygens (including phenoxy) is 1. The van der Waals surface area contributed by atoms with Crippen LogP contribution in [0, 0.1) is 0 Å². The van der Waals surface area contributed by atoms with Crippen molar-refractivity contribution in [2.24, 2.45) is 0 Å². The average molecular weight is 250 g/mol. The molecule has 1 rings (SSSR count). The molecule has 0 fully saturated rings. The Hall–Kier alpha value is -2.30. The van der Waals surface area contributed by atoms with Gasteiger partial charge in [-0.05, 0) is 19.1 Å². The van der Waals surface area contributed by atoms with Gasteiger partial charge in [0.15, 0.2) is 6.29 Å². The summed E-state index contributed by atoms with van der Waals surface area (Å²) in [6.45, 7) is 1.72. The van der Waals surface area contributed by atoms with Crippen LogP contribution in [0.2, 0.25) is 0 Å². The van der Waals surface area contributed by atoms with Gasteiger partial charge in [0.25, 0.3) is 0 Å². The fourth-order valence-electron chi connectivity index (χ4n) is 1.31. The zero-order valence-electron chi connectivity index (χ0n) is 9.92. The lowest BCUT2D eigenvalue weighted by molar-refractivity contribution is -0.132. The smallest absolute Gasteiger partial charge is 0.330 e. The van der Waals surface area contributed by atoms with Crippen LogP contribution in [0.25, 0.3) is 0 Å². The maximum absolute atomic E-state index is 10.7. The molecule has 0 unspecified atom stereocenters. The molecule has 0 atom stereocenters. The maximum Gasteiger partial charge on any atom is 0.330 e. The Morgan fingerprint density at radius 3 is 2.78 bits per heavy atom. The van der Waals surface area contributed by atoms with Crippen LogP contribution in [-0.2, 0) is 4.79 Å². The van der Waals surface area contributed by atoms with E-state index in [1.165, 1.54) is 19.1 Å². The first kappa shape index (κ1) is 13.8. The summed E-state index contributed by atoms with van der Waals surface area (Å²) in [5.41, 5.74) is 0.335. The normalized spacial score (nSPS) is 11.1. The number of phenolic OH excluding ortho intramolecular Hbond substituents is 1. The van der Waals surface area contributed by atoms with Crippen LogP contribution in [0.1, 0.15) is 23.7 Å². The minimum absolute atomic E-state index is 0.0939. The van der Waals surface area contributed by atoms with Gasteiger partial charge in [-0.3, -0.25) is 4.79 Å². The number of aliphatic carboxylic acids is 1. The molecule has 0 saturated heterocycles. The quantitative estimate of drug-likeness (QED) is 0.458. The zero-order chi connectivity index (χ0) is 13.5. The van der Waals surface area contributed by atoms with Gasteiger partial charge in [-0.1, -0.05) is 12.1 Å². The third-order valence-electron chi connectivity index (χ3n) is 2.32. The molecule has 0 amide bonds. The van der Waals surface area contributed by atoms with Crippen molar-refractivity contribution < 1.29 is 24.5 Å². The molecule has 1 aromatic carbocycles. The molecule has 0 aliphatic heterocycles. The Morgan fingerprint density at radius 1 is 1.44 bits per heavy atom. The predicted molar refractivity (Wildman–Crippen MR) is 65.0 cm³/mol. The summed E-state index contributed by atoms with van der Waals surface area (Å²) in [4.78, 5) is 21.3. The van der Waals surface area contributed by atoms with Crippen LogP contribution in [-0.4, -0.2) is 29.1 Å². The lowest BCUT2D eigenvalue weighted by atomic mass is 10.2. The Balaban J connectivity index is 2.60. The molecular formula is C13H14O5. The molecular weight excluding hydrogens is 236 g/mol. The molecule has 18 heavy (non-hydrogen) atoms. The molecule has 96 valence electrons. The number of hydrogen-bond donors (Lipinski definition) is 2. The second kappa shape index (κ2) is 6.44. The zero-order valence-corrected chi connectivity index (χ0v) is 9.92. The summed E-state index contributed by atoms with van der Waals surface area (Å²) in [6, 6.07) is 4.53. The van der Waals surface area contributed by atoms with Gasteiger partial charge < -0.3 is 14.9 Å². The SMILES string of the molecule is CC(=CCCOc1cccc(O)c1C=O)C(=O)O. The van der Waals surface area contributed by atoms with E-state index in [1.807, 2.05) is 0 Å². The van der Waals surface area contributed by atoms with Crippen molar-refractivity contribution in [1.29, 1.82) is 0 Å². The van der Waals surface area contributed by atoms with Gasteiger partial charge in [0.05, 0.1) is 12.2 Å². The van der Waals surface area contributed by atoms with E-state index in [2.05, 4.69) is 0 Å². The molecule has 1 aromatic rings. The van der Waals surface area contributed by atoms with Crippen LogP contribution >= 0.6 is 0 Å². The number of carboxylic acids is 1. The molecule has 0 aromatic heterocycles. The van der Waals surface area contributed by atoms with Crippen molar-refractivity contribution in [3.8, 4) is 11.5 Å². The van der Waals surface area contributed by atoms with Crippen LogP contribution in [0.15, 0.2) is 29.8 Å². The highest BCUT2D eigenvalue weighted by Gasteiger charge is 2.07. The summed E-state index contributed by atoms with van der Waals surface area (Å²) in [5.74, 6) is -0.827. The highest BCUT2D eigenvalue weighted by molar-refractivity contribution is 5.85. The van der Waals surface area contributed by atoms with E-state index >= 15 is 0 Å². The first-order chi connectivity index (χ1) is 8.56. The molecule has 2 N–H and O–H groups in total. The van der Waals surface area contributed by atoms with Gasteiger partial charge in [-0.15, -0.1) is 0 Å². The van der Waals surface area contributed by atoms with Crippen LogP contribution in [0.4, 0.5) is 0 Å². The molecule has 0 aliphatic rings. The van der Waals surface area contributed by atoms with Gasteiger partial charge in [0.1, 0.15) is 11.5 Å². The second-order valence-electron chi connectivity index (χ2n) is 3.64. The molecule has 0 saturated carbocycles. The minimum atomic E-state index is -0.971. The van der Waals surface area contributed by atoms with Gasteiger partial charge >= 0.3 is 5.97 Å². The van der Waals surface area contributed by atoms with Gasteiger partial charge in [0.2, 0.25) is 0 Å². The monoisotopic (exact) mass is 250 g/mol. The number of hydrogen-bond acceptors (Lipinski definition) is 4. The number of carbonyl (C=O) groups is 2. The Morgan fingerprint density at radius 2 is 2.17 bits per heavy atom. The molecule has 5 nitrogen and oxygen atoms in total. The first-order valence-corrected chi connectivity index (χ1v) is 5.36. The minimum Gasteiger partial charge on any atom is -0.507 e. The summed E-state index contributed by atoms with van der Waals surface area (Å²) in [7, 11) is 0. The Kier molecular flexibility index (Phi) is 4.92. The van der Waals surface area contributed by atoms with Crippen molar-refractivity contribution in [3.05, 3.63) is 35.4 Å². The number of carboxylic acid groups (broad SMARTS) is 1. The van der Waals surface area contributed by atoms with Crippen molar-refractivity contribution in [2.45, 2.75) is 13.3 Å². The molecule has 0 heterocycles. The van der Waals surface area contributed by atoms with E-state index in [0.717, 1.165) is 0 Å². The van der Waals surface area contributed by atoms with E-state index in [0.29, 0.717) is 12.7 Å². The van der Waals surface area contributed by atoms with Crippen LogP contribution in [0.3, 0.4) is 0 Å². The van der Waals surface area contributed by atoms with E-state index in [4.69, 9.17) is 9.84 Å². The largest absolute Gasteiger partial charge is 0.507 e. The van der Waals surface area contributed by atoms with Gasteiger partial charge in [-0.25, -0.2) is 4.79 Å². The number of rotatable bonds is 6. The number of aldehydes is 1. The van der Waals surface area contributed by atoms with E-state index < -0.39 is 5.97 Å². The maximum atomic E-state index is 10.7. The van der Waals surface area contributed by atoms with E-state index in [1.54, 1.807) is 12.1 Å². The number of benzene rings is 1. The average Bonchev–Trinajstić information content (AvgIpc) is 2.34. The van der Waals surface area contributed by atoms with Crippen LogP contribution in [0.5, 0.6) is 11.5 Å². The second-order valence-corrected chi connectivity index (χ2v) is 3.64. The molecule has 5 heteroatoms. The number of carbonyl (C=O) groups excluding carboxylic acids is 1. The molecule has 0 aliphatic carbocycles. The Labute approximate surface area is 104 Å². The molecule has 0 bridgehead atoms. The number of phenols is 1. The summed E-state index contributed by atoms with van der Waals surface area (Å²) >= 11 is 0. The fourth-order valence-corrected chi connectivity index (χ4v) is 1.31. The standard InChI is InChI=1S/C13H14O5/c1-9(13(16)17)4-3-7-18-12-6-2-5-11(15)10(12)8-14/h2,4-6,8,15H,3,7H2,1H3,(H,16,17). The molecule has 0 spiro atoms. The van der Waals surface area contributed by atoms with E-state index in [-0.39, 0.29) is 29.2 Å². The lowest BCUT2D eigenvalue weighted by Crippen LogP contribution is -2.01. The van der Waals surface area contributed by atoms with Gasteiger partial charge in [-0.2, -0.15) is 0 Å². The summed E-state index contributed by atoms with van der Waals surface area (Å²) in [6.07, 6.45) is 2.46. The molecule has 0 radical (unpaired) electrons. The highest BCUT2D eigenvalue weighted by Crippen LogP contribution is 2.25. The van der Waals surface area contributed by atoms with Crippen molar-refractivity contribution >= 4 is 12.3 Å². The van der Waals surface area contributed by atoms with Gasteiger partial charge in [0, 0.05) is 12.0 Å². The van der Waals surface area contributed by atoms with Crippen molar-refractivity contribution in [2.75, 3.05) is 6.61 Å². The lowest BCUT2D eigenvalue weighted by Gasteiger charge is -2.08. The third kappa shape index (κ3) is 3.62. The van der Waals surface area contributed by atoms with Crippen molar-refractivity contribution in [3.63, 3.8) is 0 Å². The Bertz CT molecular complexity index is 476. The summed E-state index contributed by atoms with van der Waals surface area (Å²) in [5, 5.41) is 18.0. The third-order valence-corrected chi connectivity index (χ3v) is 2.32. The predicted octanol–water partition coefficient (Wildman–Crippen LogP) is 2.00. The number of aromatic hydroxyl groups is 1. The first-order valence-electron chi connectivity index (χ1n) is 5.36.